The fraction of sp³-hybridized carbons (Fsp3) is 0.154. The van der Waals surface area contributed by atoms with E-state index in [0.29, 0.717) is 17.1 Å². The molecule has 1 amide bonds. The standard InChI is InChI=1S/C13H14N2OS/c1-9-3-2-4-10(7-9)8-15-13(16)12-11(14)5-6-17-12/h2-7H,8,14H2,1H3,(H,15,16). The van der Waals surface area contributed by atoms with Gasteiger partial charge < -0.3 is 11.1 Å². The van der Waals surface area contributed by atoms with Crippen LogP contribution in [0.15, 0.2) is 35.7 Å². The van der Waals surface area contributed by atoms with Gasteiger partial charge >= 0.3 is 0 Å². The predicted molar refractivity (Wildman–Crippen MR) is 71.1 cm³/mol. The van der Waals surface area contributed by atoms with Gasteiger partial charge in [-0.3, -0.25) is 4.79 Å². The Morgan fingerprint density at radius 2 is 2.24 bits per heavy atom. The van der Waals surface area contributed by atoms with Crippen LogP contribution in [0.4, 0.5) is 5.69 Å². The van der Waals surface area contributed by atoms with Crippen LogP contribution in [-0.2, 0) is 6.54 Å². The molecule has 0 radical (unpaired) electrons. The molecule has 0 aliphatic heterocycles. The maximum Gasteiger partial charge on any atom is 0.263 e. The Morgan fingerprint density at radius 3 is 2.88 bits per heavy atom. The molecule has 0 saturated carbocycles. The Hall–Kier alpha value is -1.81. The summed E-state index contributed by atoms with van der Waals surface area (Å²) in [6, 6.07) is 9.80. The second-order valence-electron chi connectivity index (χ2n) is 3.88. The second-order valence-corrected chi connectivity index (χ2v) is 4.79. The third-order valence-corrected chi connectivity index (χ3v) is 3.37. The van der Waals surface area contributed by atoms with Crippen molar-refractivity contribution in [3.05, 3.63) is 51.7 Å². The molecular formula is C13H14N2OS. The molecule has 4 heteroatoms. The highest BCUT2D eigenvalue weighted by atomic mass is 32.1. The fourth-order valence-electron chi connectivity index (χ4n) is 1.59. The highest BCUT2D eigenvalue weighted by Crippen LogP contribution is 2.18. The van der Waals surface area contributed by atoms with E-state index in [1.165, 1.54) is 16.9 Å². The topological polar surface area (TPSA) is 55.1 Å². The van der Waals surface area contributed by atoms with E-state index in [2.05, 4.69) is 11.4 Å². The SMILES string of the molecule is Cc1cccc(CNC(=O)c2sccc2N)c1. The van der Waals surface area contributed by atoms with Crippen LogP contribution in [0.2, 0.25) is 0 Å². The van der Waals surface area contributed by atoms with Gasteiger partial charge in [0.1, 0.15) is 4.88 Å². The lowest BCUT2D eigenvalue weighted by Gasteiger charge is -2.05. The molecule has 0 saturated heterocycles. The summed E-state index contributed by atoms with van der Waals surface area (Å²) >= 11 is 1.36. The van der Waals surface area contributed by atoms with Crippen molar-refractivity contribution in [2.24, 2.45) is 0 Å². The normalized spacial score (nSPS) is 10.2. The zero-order chi connectivity index (χ0) is 12.3. The number of carbonyl (C=O) groups is 1. The summed E-state index contributed by atoms with van der Waals surface area (Å²) in [5.41, 5.74) is 8.50. The quantitative estimate of drug-likeness (QED) is 0.874. The number of nitrogens with two attached hydrogens (primary N) is 1. The summed E-state index contributed by atoms with van der Waals surface area (Å²) in [6.07, 6.45) is 0. The van der Waals surface area contributed by atoms with E-state index in [0.717, 1.165) is 5.56 Å². The van der Waals surface area contributed by atoms with Crippen LogP contribution in [-0.4, -0.2) is 5.91 Å². The van der Waals surface area contributed by atoms with E-state index < -0.39 is 0 Å². The maximum atomic E-state index is 11.8. The number of anilines is 1. The minimum absolute atomic E-state index is 0.112. The highest BCUT2D eigenvalue weighted by molar-refractivity contribution is 7.12. The third-order valence-electron chi connectivity index (χ3n) is 2.44. The van der Waals surface area contributed by atoms with E-state index in [1.54, 1.807) is 6.07 Å². The first-order chi connectivity index (χ1) is 8.16. The molecule has 88 valence electrons. The van der Waals surface area contributed by atoms with E-state index in [-0.39, 0.29) is 5.91 Å². The number of hydrogen-bond donors (Lipinski definition) is 2. The second kappa shape index (κ2) is 5.01. The van der Waals surface area contributed by atoms with Gasteiger partial charge in [-0.05, 0) is 23.9 Å². The summed E-state index contributed by atoms with van der Waals surface area (Å²) in [5.74, 6) is -0.112. The van der Waals surface area contributed by atoms with E-state index in [9.17, 15) is 4.79 Å². The van der Waals surface area contributed by atoms with Crippen molar-refractivity contribution >= 4 is 22.9 Å². The minimum Gasteiger partial charge on any atom is -0.397 e. The van der Waals surface area contributed by atoms with Crippen LogP contribution in [0.5, 0.6) is 0 Å². The summed E-state index contributed by atoms with van der Waals surface area (Å²) < 4.78 is 0. The van der Waals surface area contributed by atoms with Gasteiger partial charge in [0.2, 0.25) is 0 Å². The van der Waals surface area contributed by atoms with Crippen LogP contribution < -0.4 is 11.1 Å². The van der Waals surface area contributed by atoms with Crippen LogP contribution in [0, 0.1) is 6.92 Å². The van der Waals surface area contributed by atoms with Gasteiger partial charge in [-0.25, -0.2) is 0 Å². The average Bonchev–Trinajstić information content (AvgIpc) is 2.72. The van der Waals surface area contributed by atoms with Gasteiger partial charge in [-0.15, -0.1) is 11.3 Å². The summed E-state index contributed by atoms with van der Waals surface area (Å²) in [7, 11) is 0. The molecule has 0 aliphatic carbocycles. The van der Waals surface area contributed by atoms with Crippen molar-refractivity contribution in [3.63, 3.8) is 0 Å². The lowest BCUT2D eigenvalue weighted by atomic mass is 10.1. The first-order valence-electron chi connectivity index (χ1n) is 5.33. The number of amides is 1. The summed E-state index contributed by atoms with van der Waals surface area (Å²) in [5, 5.41) is 4.68. The first kappa shape index (κ1) is 11.7. The van der Waals surface area contributed by atoms with Crippen molar-refractivity contribution in [2.75, 3.05) is 5.73 Å². The first-order valence-corrected chi connectivity index (χ1v) is 6.21. The summed E-state index contributed by atoms with van der Waals surface area (Å²) in [4.78, 5) is 12.4. The van der Waals surface area contributed by atoms with Gasteiger partial charge in [0, 0.05) is 6.54 Å². The number of nitrogen functional groups attached to an aromatic ring is 1. The number of carbonyl (C=O) groups excluding carboxylic acids is 1. The Labute approximate surface area is 104 Å². The van der Waals surface area contributed by atoms with Crippen molar-refractivity contribution in [2.45, 2.75) is 13.5 Å². The molecule has 0 unspecified atom stereocenters. The smallest absolute Gasteiger partial charge is 0.263 e. The lowest BCUT2D eigenvalue weighted by Crippen LogP contribution is -2.22. The molecule has 17 heavy (non-hydrogen) atoms. The van der Waals surface area contributed by atoms with Gasteiger partial charge in [-0.1, -0.05) is 29.8 Å². The third kappa shape index (κ3) is 2.85. The molecular weight excluding hydrogens is 232 g/mol. The van der Waals surface area contributed by atoms with Crippen molar-refractivity contribution in [3.8, 4) is 0 Å². The van der Waals surface area contributed by atoms with Gasteiger partial charge in [-0.2, -0.15) is 0 Å². The number of thiophene rings is 1. The number of benzene rings is 1. The number of rotatable bonds is 3. The monoisotopic (exact) mass is 246 g/mol. The average molecular weight is 246 g/mol. The minimum atomic E-state index is -0.112. The molecule has 0 spiro atoms. The lowest BCUT2D eigenvalue weighted by molar-refractivity contribution is 0.0956. The van der Waals surface area contributed by atoms with Crippen molar-refractivity contribution < 1.29 is 4.79 Å². The molecule has 1 aromatic carbocycles. The van der Waals surface area contributed by atoms with Crippen LogP contribution in [0.1, 0.15) is 20.8 Å². The Bertz CT molecular complexity index is 534. The molecule has 2 aromatic rings. The maximum absolute atomic E-state index is 11.8. The molecule has 1 heterocycles. The molecule has 3 N–H and O–H groups in total. The largest absolute Gasteiger partial charge is 0.397 e. The van der Waals surface area contributed by atoms with Crippen LogP contribution in [0.3, 0.4) is 0 Å². The predicted octanol–water partition coefficient (Wildman–Crippen LogP) is 2.57. The van der Waals surface area contributed by atoms with Crippen LogP contribution >= 0.6 is 11.3 Å². The zero-order valence-electron chi connectivity index (χ0n) is 9.57. The van der Waals surface area contributed by atoms with Crippen molar-refractivity contribution in [1.29, 1.82) is 0 Å². The number of aryl methyl sites for hydroxylation is 1. The van der Waals surface area contributed by atoms with Gasteiger partial charge in [0.25, 0.3) is 5.91 Å². The zero-order valence-corrected chi connectivity index (χ0v) is 10.4. The molecule has 1 aromatic heterocycles. The number of nitrogens with one attached hydrogen (secondary N) is 1. The molecule has 2 rings (SSSR count). The van der Waals surface area contributed by atoms with Gasteiger partial charge in [0.05, 0.1) is 5.69 Å². The van der Waals surface area contributed by atoms with E-state index in [4.69, 9.17) is 5.73 Å². The number of hydrogen-bond acceptors (Lipinski definition) is 3. The summed E-state index contributed by atoms with van der Waals surface area (Å²) in [6.45, 7) is 2.56. The molecule has 0 atom stereocenters. The Balaban J connectivity index is 1.99. The fourth-order valence-corrected chi connectivity index (χ4v) is 2.32. The van der Waals surface area contributed by atoms with Crippen molar-refractivity contribution in [1.82, 2.24) is 5.32 Å². The van der Waals surface area contributed by atoms with E-state index in [1.807, 2.05) is 30.5 Å². The van der Waals surface area contributed by atoms with Gasteiger partial charge in [0.15, 0.2) is 0 Å². The molecule has 0 fully saturated rings. The Kier molecular flexibility index (Phi) is 3.44. The highest BCUT2D eigenvalue weighted by Gasteiger charge is 2.10. The van der Waals surface area contributed by atoms with E-state index >= 15 is 0 Å². The van der Waals surface area contributed by atoms with Crippen LogP contribution in [0.25, 0.3) is 0 Å². The molecule has 3 nitrogen and oxygen atoms in total. The molecule has 0 aliphatic rings. The Morgan fingerprint density at radius 1 is 1.41 bits per heavy atom. The molecule has 0 bridgehead atoms.